The van der Waals surface area contributed by atoms with Gasteiger partial charge in [0.05, 0.1) is 11.4 Å². The molecule has 0 aromatic carbocycles. The predicted molar refractivity (Wildman–Crippen MR) is 82.2 cm³/mol. The highest BCUT2D eigenvalue weighted by Gasteiger charge is 2.06. The van der Waals surface area contributed by atoms with Crippen molar-refractivity contribution in [3.05, 3.63) is 21.9 Å². The van der Waals surface area contributed by atoms with Crippen LogP contribution in [-0.2, 0) is 4.79 Å². The topological polar surface area (TPSA) is 106 Å². The van der Waals surface area contributed by atoms with Crippen LogP contribution in [0.25, 0.3) is 0 Å². The standard InChI is InChI=1S/C6H13N.C6H6OS.C2H5NO2/c7-6-4-2-1-3-5-6;1-5-2-3-6(4-7)8-5;3-1-2(4)5/h6H,1-5,7H2;2-4H,1H3;1,3H2,(H,4,5). The summed E-state index contributed by atoms with van der Waals surface area (Å²) in [4.78, 5) is 21.3. The minimum atomic E-state index is -0.968. The Bertz CT molecular complexity index is 388. The first-order valence-electron chi connectivity index (χ1n) is 6.68. The summed E-state index contributed by atoms with van der Waals surface area (Å²) in [5.41, 5.74) is 10.2. The molecular weight excluding hydrogens is 276 g/mol. The Labute approximate surface area is 124 Å². The summed E-state index contributed by atoms with van der Waals surface area (Å²) in [5, 5.41) is 7.60. The Balaban J connectivity index is 0.000000280. The number of aldehydes is 1. The summed E-state index contributed by atoms with van der Waals surface area (Å²) in [6.07, 6.45) is 7.54. The van der Waals surface area contributed by atoms with Gasteiger partial charge in [-0.05, 0) is 31.9 Å². The van der Waals surface area contributed by atoms with E-state index in [9.17, 15) is 9.59 Å². The number of carboxylic acids is 1. The van der Waals surface area contributed by atoms with E-state index < -0.39 is 5.97 Å². The molecule has 1 aliphatic rings. The van der Waals surface area contributed by atoms with Gasteiger partial charge in [0.2, 0.25) is 0 Å². The Morgan fingerprint density at radius 3 is 2.15 bits per heavy atom. The zero-order chi connectivity index (χ0) is 15.4. The third-order valence-corrected chi connectivity index (χ3v) is 3.63. The van der Waals surface area contributed by atoms with Gasteiger partial charge in [-0.25, -0.2) is 0 Å². The lowest BCUT2D eigenvalue weighted by Crippen LogP contribution is -2.22. The molecule has 5 nitrogen and oxygen atoms in total. The van der Waals surface area contributed by atoms with Gasteiger partial charge in [-0.3, -0.25) is 9.59 Å². The maximum atomic E-state index is 10.0. The van der Waals surface area contributed by atoms with Crippen LogP contribution in [0, 0.1) is 6.92 Å². The molecule has 20 heavy (non-hydrogen) atoms. The van der Waals surface area contributed by atoms with Crippen LogP contribution in [-0.4, -0.2) is 29.9 Å². The smallest absolute Gasteiger partial charge is 0.317 e. The van der Waals surface area contributed by atoms with Gasteiger partial charge in [0.25, 0.3) is 0 Å². The molecule has 114 valence electrons. The highest BCUT2D eigenvalue weighted by Crippen LogP contribution is 2.14. The minimum absolute atomic E-state index is 0.278. The first kappa shape index (κ1) is 18.8. The lowest BCUT2D eigenvalue weighted by Gasteiger charge is -2.15. The van der Waals surface area contributed by atoms with Gasteiger partial charge in [-0.15, -0.1) is 11.3 Å². The number of hydrogen-bond donors (Lipinski definition) is 3. The molecule has 0 aliphatic heterocycles. The fourth-order valence-corrected chi connectivity index (χ4v) is 2.34. The number of carbonyl (C=O) groups is 2. The molecule has 1 saturated carbocycles. The van der Waals surface area contributed by atoms with E-state index in [1.165, 1.54) is 48.3 Å². The van der Waals surface area contributed by atoms with Gasteiger partial charge in [0.1, 0.15) is 0 Å². The molecule has 0 radical (unpaired) electrons. The van der Waals surface area contributed by atoms with E-state index in [0.29, 0.717) is 6.04 Å². The van der Waals surface area contributed by atoms with Crippen LogP contribution in [0.1, 0.15) is 46.7 Å². The average molecular weight is 300 g/mol. The van der Waals surface area contributed by atoms with Crippen LogP contribution in [0.2, 0.25) is 0 Å². The lowest BCUT2D eigenvalue weighted by molar-refractivity contribution is -0.135. The fraction of sp³-hybridized carbons (Fsp3) is 0.571. The first-order valence-corrected chi connectivity index (χ1v) is 7.50. The molecule has 0 atom stereocenters. The predicted octanol–water partition coefficient (Wildman–Crippen LogP) is 2.18. The molecule has 0 saturated heterocycles. The molecule has 1 aromatic rings. The molecule has 6 heteroatoms. The van der Waals surface area contributed by atoms with Crippen molar-refractivity contribution < 1.29 is 14.7 Å². The number of rotatable bonds is 2. The quantitative estimate of drug-likeness (QED) is 0.726. The molecule has 0 amide bonds. The summed E-state index contributed by atoms with van der Waals surface area (Å²) in [7, 11) is 0. The third kappa shape index (κ3) is 10.7. The van der Waals surface area contributed by atoms with E-state index in [2.05, 4.69) is 5.73 Å². The normalized spacial score (nSPS) is 14.3. The van der Waals surface area contributed by atoms with Gasteiger partial charge >= 0.3 is 5.97 Å². The Morgan fingerprint density at radius 2 is 1.95 bits per heavy atom. The second kappa shape index (κ2) is 11.6. The van der Waals surface area contributed by atoms with Crippen molar-refractivity contribution in [3.8, 4) is 0 Å². The molecule has 1 fully saturated rings. The zero-order valence-electron chi connectivity index (χ0n) is 11.9. The largest absolute Gasteiger partial charge is 0.480 e. The second-order valence-electron chi connectivity index (χ2n) is 4.56. The Morgan fingerprint density at radius 1 is 1.40 bits per heavy atom. The van der Waals surface area contributed by atoms with Crippen molar-refractivity contribution in [2.24, 2.45) is 11.5 Å². The van der Waals surface area contributed by atoms with Crippen LogP contribution in [0.3, 0.4) is 0 Å². The number of carbonyl (C=O) groups excluding carboxylic acids is 1. The van der Waals surface area contributed by atoms with Crippen LogP contribution < -0.4 is 11.5 Å². The van der Waals surface area contributed by atoms with E-state index in [0.717, 1.165) is 11.2 Å². The van der Waals surface area contributed by atoms with Gasteiger partial charge in [-0.2, -0.15) is 0 Å². The van der Waals surface area contributed by atoms with Crippen molar-refractivity contribution in [2.45, 2.75) is 45.1 Å². The number of aryl methyl sites for hydroxylation is 1. The summed E-state index contributed by atoms with van der Waals surface area (Å²) in [6, 6.07) is 4.30. The monoisotopic (exact) mass is 300 g/mol. The second-order valence-corrected chi connectivity index (χ2v) is 5.88. The molecule has 0 spiro atoms. The van der Waals surface area contributed by atoms with E-state index >= 15 is 0 Å². The Hall–Kier alpha value is -1.24. The molecule has 1 aliphatic carbocycles. The van der Waals surface area contributed by atoms with Gasteiger partial charge in [0, 0.05) is 10.9 Å². The van der Waals surface area contributed by atoms with E-state index in [1.807, 2.05) is 19.1 Å². The van der Waals surface area contributed by atoms with E-state index in [1.54, 1.807) is 0 Å². The van der Waals surface area contributed by atoms with Crippen molar-refractivity contribution in [1.82, 2.24) is 0 Å². The van der Waals surface area contributed by atoms with Crippen molar-refractivity contribution >= 4 is 23.6 Å². The maximum Gasteiger partial charge on any atom is 0.317 e. The molecule has 2 rings (SSSR count). The van der Waals surface area contributed by atoms with E-state index in [-0.39, 0.29) is 6.54 Å². The molecule has 1 aromatic heterocycles. The number of thiophene rings is 1. The molecule has 1 heterocycles. The third-order valence-electron chi connectivity index (χ3n) is 2.70. The van der Waals surface area contributed by atoms with Crippen LogP contribution in [0.4, 0.5) is 0 Å². The first-order chi connectivity index (χ1) is 9.49. The van der Waals surface area contributed by atoms with E-state index in [4.69, 9.17) is 10.8 Å². The van der Waals surface area contributed by atoms with Crippen LogP contribution >= 0.6 is 11.3 Å². The SMILES string of the molecule is Cc1ccc(C=O)s1.NC1CCCCC1.NCC(=O)O. The number of carboxylic acid groups (broad SMARTS) is 1. The molecule has 0 unspecified atom stereocenters. The highest BCUT2D eigenvalue weighted by molar-refractivity contribution is 7.13. The number of aliphatic carboxylic acids is 1. The number of hydrogen-bond acceptors (Lipinski definition) is 5. The highest BCUT2D eigenvalue weighted by atomic mass is 32.1. The van der Waals surface area contributed by atoms with Crippen LogP contribution in [0.15, 0.2) is 12.1 Å². The summed E-state index contributed by atoms with van der Waals surface area (Å²) >= 11 is 1.52. The number of nitrogens with two attached hydrogens (primary N) is 2. The minimum Gasteiger partial charge on any atom is -0.480 e. The van der Waals surface area contributed by atoms with Gasteiger partial charge in [0.15, 0.2) is 6.29 Å². The van der Waals surface area contributed by atoms with Crippen molar-refractivity contribution in [1.29, 1.82) is 0 Å². The van der Waals surface area contributed by atoms with Crippen molar-refractivity contribution in [2.75, 3.05) is 6.54 Å². The summed E-state index contributed by atoms with van der Waals surface area (Å²) in [6.45, 7) is 1.71. The maximum absolute atomic E-state index is 10.0. The average Bonchev–Trinajstić information content (AvgIpc) is 2.87. The molecular formula is C14H24N2O3S. The zero-order valence-corrected chi connectivity index (χ0v) is 12.7. The van der Waals surface area contributed by atoms with Crippen molar-refractivity contribution in [3.63, 3.8) is 0 Å². The lowest BCUT2D eigenvalue weighted by atomic mass is 9.97. The fourth-order valence-electron chi connectivity index (χ4n) is 1.65. The van der Waals surface area contributed by atoms with Gasteiger partial charge < -0.3 is 16.6 Å². The summed E-state index contributed by atoms with van der Waals surface area (Å²) < 4.78 is 0. The van der Waals surface area contributed by atoms with Crippen LogP contribution in [0.5, 0.6) is 0 Å². The van der Waals surface area contributed by atoms with Gasteiger partial charge in [-0.1, -0.05) is 19.3 Å². The summed E-state index contributed by atoms with van der Waals surface area (Å²) in [5.74, 6) is -0.968. The molecule has 5 N–H and O–H groups in total. The Kier molecular flexibility index (Phi) is 10.9. The molecule has 0 bridgehead atoms.